The zero-order valence-corrected chi connectivity index (χ0v) is 9.07. The summed E-state index contributed by atoms with van der Waals surface area (Å²) in [7, 11) is 0. The zero-order valence-electron chi connectivity index (χ0n) is 9.07. The highest BCUT2D eigenvalue weighted by atomic mass is 16.5. The predicted octanol–water partition coefficient (Wildman–Crippen LogP) is 3.13. The molecule has 0 spiro atoms. The molecule has 0 amide bonds. The standard InChI is InChI=1S/C13H13NO2/c1-9-3-2-4-11-13(9)14-7-12(16-11)10-5-6-15-8-10/h2-6,8,12,14H,7H2,1H3. The van der Waals surface area contributed by atoms with E-state index >= 15 is 0 Å². The molecular weight excluding hydrogens is 202 g/mol. The van der Waals surface area contributed by atoms with Crippen molar-refractivity contribution in [3.8, 4) is 5.75 Å². The second kappa shape index (κ2) is 3.59. The number of anilines is 1. The molecule has 3 heteroatoms. The molecule has 1 unspecified atom stereocenters. The highest BCUT2D eigenvalue weighted by Crippen LogP contribution is 2.36. The maximum absolute atomic E-state index is 5.93. The molecule has 1 aromatic carbocycles. The van der Waals surface area contributed by atoms with Gasteiger partial charge in [-0.3, -0.25) is 0 Å². The Hall–Kier alpha value is -1.90. The van der Waals surface area contributed by atoms with Crippen molar-refractivity contribution in [2.24, 2.45) is 0 Å². The molecule has 1 aromatic heterocycles. The highest BCUT2D eigenvalue weighted by molar-refractivity contribution is 5.63. The van der Waals surface area contributed by atoms with Crippen LogP contribution < -0.4 is 10.1 Å². The normalized spacial score (nSPS) is 18.4. The van der Waals surface area contributed by atoms with Crippen LogP contribution in [0.15, 0.2) is 41.2 Å². The van der Waals surface area contributed by atoms with Gasteiger partial charge in [0.1, 0.15) is 11.9 Å². The van der Waals surface area contributed by atoms with Crippen LogP contribution >= 0.6 is 0 Å². The number of hydrogen-bond donors (Lipinski definition) is 1. The lowest BCUT2D eigenvalue weighted by atomic mass is 10.1. The van der Waals surface area contributed by atoms with E-state index in [1.165, 1.54) is 5.56 Å². The molecule has 0 saturated heterocycles. The van der Waals surface area contributed by atoms with Gasteiger partial charge in [-0.15, -0.1) is 0 Å². The molecule has 1 atom stereocenters. The Morgan fingerprint density at radius 1 is 1.31 bits per heavy atom. The molecule has 2 aromatic rings. The van der Waals surface area contributed by atoms with Crippen molar-refractivity contribution in [1.29, 1.82) is 0 Å². The number of aryl methyl sites for hydroxylation is 1. The Kier molecular flexibility index (Phi) is 2.10. The van der Waals surface area contributed by atoms with Crippen molar-refractivity contribution in [2.45, 2.75) is 13.0 Å². The van der Waals surface area contributed by atoms with Gasteiger partial charge in [0, 0.05) is 5.56 Å². The van der Waals surface area contributed by atoms with Crippen LogP contribution in [0.25, 0.3) is 0 Å². The molecule has 82 valence electrons. The third-order valence-corrected chi connectivity index (χ3v) is 2.88. The average molecular weight is 215 g/mol. The summed E-state index contributed by atoms with van der Waals surface area (Å²) in [6.45, 7) is 2.85. The largest absolute Gasteiger partial charge is 0.482 e. The molecule has 0 bridgehead atoms. The summed E-state index contributed by atoms with van der Waals surface area (Å²) in [5.41, 5.74) is 3.38. The number of rotatable bonds is 1. The third-order valence-electron chi connectivity index (χ3n) is 2.88. The van der Waals surface area contributed by atoms with Crippen LogP contribution in [0.4, 0.5) is 5.69 Å². The van der Waals surface area contributed by atoms with Crippen molar-refractivity contribution in [3.05, 3.63) is 47.9 Å². The van der Waals surface area contributed by atoms with E-state index in [2.05, 4.69) is 18.3 Å². The zero-order chi connectivity index (χ0) is 11.0. The van der Waals surface area contributed by atoms with Crippen molar-refractivity contribution in [1.82, 2.24) is 0 Å². The first-order valence-corrected chi connectivity index (χ1v) is 5.37. The number of benzene rings is 1. The lowest BCUT2D eigenvalue weighted by Gasteiger charge is -2.27. The summed E-state index contributed by atoms with van der Waals surface area (Å²) in [4.78, 5) is 0. The number of nitrogens with one attached hydrogen (secondary N) is 1. The average Bonchev–Trinajstić information content (AvgIpc) is 2.82. The van der Waals surface area contributed by atoms with Gasteiger partial charge in [0.05, 0.1) is 24.8 Å². The number of para-hydroxylation sites is 1. The van der Waals surface area contributed by atoms with E-state index in [0.29, 0.717) is 0 Å². The van der Waals surface area contributed by atoms with Crippen molar-refractivity contribution < 1.29 is 9.15 Å². The van der Waals surface area contributed by atoms with Crippen LogP contribution in [0.2, 0.25) is 0 Å². The minimum Gasteiger partial charge on any atom is -0.482 e. The predicted molar refractivity (Wildman–Crippen MR) is 61.7 cm³/mol. The summed E-state index contributed by atoms with van der Waals surface area (Å²) in [5.74, 6) is 0.914. The lowest BCUT2D eigenvalue weighted by molar-refractivity contribution is 0.209. The molecule has 1 aliphatic heterocycles. The molecule has 0 fully saturated rings. The van der Waals surface area contributed by atoms with E-state index in [0.717, 1.165) is 23.5 Å². The second-order valence-corrected chi connectivity index (χ2v) is 3.99. The Bertz CT molecular complexity index is 491. The van der Waals surface area contributed by atoms with Gasteiger partial charge < -0.3 is 14.5 Å². The van der Waals surface area contributed by atoms with Crippen molar-refractivity contribution in [3.63, 3.8) is 0 Å². The fourth-order valence-corrected chi connectivity index (χ4v) is 2.00. The molecule has 1 aliphatic rings. The van der Waals surface area contributed by atoms with E-state index in [-0.39, 0.29) is 6.10 Å². The molecule has 3 rings (SSSR count). The van der Waals surface area contributed by atoms with E-state index < -0.39 is 0 Å². The second-order valence-electron chi connectivity index (χ2n) is 3.99. The van der Waals surface area contributed by atoms with Gasteiger partial charge >= 0.3 is 0 Å². The Morgan fingerprint density at radius 3 is 3.06 bits per heavy atom. The molecule has 1 N–H and O–H groups in total. The molecule has 3 nitrogen and oxygen atoms in total. The topological polar surface area (TPSA) is 34.4 Å². The van der Waals surface area contributed by atoms with Gasteiger partial charge in [0.25, 0.3) is 0 Å². The van der Waals surface area contributed by atoms with E-state index in [1.807, 2.05) is 18.2 Å². The third kappa shape index (κ3) is 1.45. The van der Waals surface area contributed by atoms with E-state index in [4.69, 9.17) is 9.15 Å². The Labute approximate surface area is 94.0 Å². The van der Waals surface area contributed by atoms with Crippen LogP contribution in [0.1, 0.15) is 17.2 Å². The quantitative estimate of drug-likeness (QED) is 0.793. The maximum Gasteiger partial charge on any atom is 0.144 e. The van der Waals surface area contributed by atoms with Crippen LogP contribution in [0.3, 0.4) is 0 Å². The van der Waals surface area contributed by atoms with Gasteiger partial charge in [-0.25, -0.2) is 0 Å². The summed E-state index contributed by atoms with van der Waals surface area (Å²) < 4.78 is 11.0. The molecule has 16 heavy (non-hydrogen) atoms. The maximum atomic E-state index is 5.93. The first kappa shape index (κ1) is 9.33. The van der Waals surface area contributed by atoms with Crippen molar-refractivity contribution >= 4 is 5.69 Å². The minimum absolute atomic E-state index is 0.0352. The fraction of sp³-hybridized carbons (Fsp3) is 0.231. The monoisotopic (exact) mass is 215 g/mol. The summed E-state index contributed by atoms with van der Waals surface area (Å²) >= 11 is 0. The number of fused-ring (bicyclic) bond motifs is 1. The minimum atomic E-state index is 0.0352. The van der Waals surface area contributed by atoms with Crippen LogP contribution in [0.5, 0.6) is 5.75 Å². The number of hydrogen-bond acceptors (Lipinski definition) is 3. The highest BCUT2D eigenvalue weighted by Gasteiger charge is 2.22. The van der Waals surface area contributed by atoms with E-state index in [9.17, 15) is 0 Å². The molecular formula is C13H13NO2. The smallest absolute Gasteiger partial charge is 0.144 e. The first-order chi connectivity index (χ1) is 7.84. The molecule has 0 radical (unpaired) electrons. The van der Waals surface area contributed by atoms with E-state index in [1.54, 1.807) is 12.5 Å². The molecule has 0 aliphatic carbocycles. The first-order valence-electron chi connectivity index (χ1n) is 5.37. The Morgan fingerprint density at radius 2 is 2.25 bits per heavy atom. The van der Waals surface area contributed by atoms with Crippen molar-refractivity contribution in [2.75, 3.05) is 11.9 Å². The molecule has 2 heterocycles. The van der Waals surface area contributed by atoms with Gasteiger partial charge in [0.15, 0.2) is 0 Å². The van der Waals surface area contributed by atoms with Crippen LogP contribution in [-0.4, -0.2) is 6.54 Å². The van der Waals surface area contributed by atoms with Gasteiger partial charge in [-0.1, -0.05) is 12.1 Å². The molecule has 0 saturated carbocycles. The summed E-state index contributed by atoms with van der Waals surface area (Å²) in [5, 5.41) is 3.40. The van der Waals surface area contributed by atoms with Crippen LogP contribution in [-0.2, 0) is 0 Å². The number of furan rings is 1. The fourth-order valence-electron chi connectivity index (χ4n) is 2.00. The lowest BCUT2D eigenvalue weighted by Crippen LogP contribution is -2.23. The van der Waals surface area contributed by atoms with Gasteiger partial charge in [0.2, 0.25) is 0 Å². The van der Waals surface area contributed by atoms with Gasteiger partial charge in [-0.2, -0.15) is 0 Å². The SMILES string of the molecule is Cc1cccc2c1NCC(c1ccoc1)O2. The Balaban J connectivity index is 1.92. The van der Waals surface area contributed by atoms with Crippen LogP contribution in [0, 0.1) is 6.92 Å². The van der Waals surface area contributed by atoms with Gasteiger partial charge in [-0.05, 0) is 24.6 Å². The summed E-state index contributed by atoms with van der Waals surface area (Å²) in [6, 6.07) is 8.01. The number of ether oxygens (including phenoxy) is 1. The summed E-state index contributed by atoms with van der Waals surface area (Å²) in [6.07, 6.45) is 3.44.